The van der Waals surface area contributed by atoms with Crippen LogP contribution in [0.1, 0.15) is 53.4 Å². The summed E-state index contributed by atoms with van der Waals surface area (Å²) in [6, 6.07) is 20.0. The molecule has 2 aromatic carbocycles. The summed E-state index contributed by atoms with van der Waals surface area (Å²) in [6.45, 7) is 1.28. The number of carbonyl (C=O) groups is 1. The lowest BCUT2D eigenvalue weighted by Gasteiger charge is -2.39. The lowest BCUT2D eigenvalue weighted by atomic mass is 9.88. The number of nitrogens with zero attached hydrogens (tertiary/aromatic N) is 3. The summed E-state index contributed by atoms with van der Waals surface area (Å²) in [5, 5.41) is 4.09. The van der Waals surface area contributed by atoms with Gasteiger partial charge in [-0.1, -0.05) is 65.8 Å². The number of hydrogen-bond acceptors (Lipinski definition) is 4. The Morgan fingerprint density at radius 3 is 2.07 bits per heavy atom. The summed E-state index contributed by atoms with van der Waals surface area (Å²) in [4.78, 5) is 19.7. The van der Waals surface area contributed by atoms with Crippen molar-refractivity contribution in [1.82, 2.24) is 15.0 Å². The number of carbonyl (C=O) groups excluding carboxylic acids is 1. The van der Waals surface area contributed by atoms with Gasteiger partial charge in [0.25, 0.3) is 0 Å². The average molecular weight is 359 g/mol. The van der Waals surface area contributed by atoms with E-state index in [2.05, 4.69) is 10.1 Å². The van der Waals surface area contributed by atoms with E-state index in [4.69, 9.17) is 4.52 Å². The molecule has 5 nitrogen and oxygen atoms in total. The highest BCUT2D eigenvalue weighted by Gasteiger charge is 2.40. The minimum Gasteiger partial charge on any atom is -0.340 e. The van der Waals surface area contributed by atoms with Crippen molar-refractivity contribution in [2.24, 2.45) is 0 Å². The summed E-state index contributed by atoms with van der Waals surface area (Å²) >= 11 is 0. The molecule has 3 aromatic rings. The van der Waals surface area contributed by atoms with Crippen molar-refractivity contribution in [3.8, 4) is 0 Å². The Kier molecular flexibility index (Phi) is 4.00. The van der Waals surface area contributed by atoms with Crippen LogP contribution in [0, 0.1) is 0 Å². The number of benzene rings is 2. The molecule has 5 rings (SSSR count). The van der Waals surface area contributed by atoms with E-state index in [1.165, 1.54) is 0 Å². The molecule has 0 unspecified atom stereocenters. The Labute approximate surface area is 158 Å². The first kappa shape index (κ1) is 16.2. The van der Waals surface area contributed by atoms with Gasteiger partial charge >= 0.3 is 0 Å². The van der Waals surface area contributed by atoms with Gasteiger partial charge in [0.2, 0.25) is 11.8 Å². The molecule has 0 spiro atoms. The molecule has 0 atom stereocenters. The summed E-state index contributed by atoms with van der Waals surface area (Å²) in [6.07, 6.45) is 2.31. The molecule has 1 aliphatic carbocycles. The van der Waals surface area contributed by atoms with E-state index in [1.54, 1.807) is 0 Å². The van der Waals surface area contributed by atoms with Crippen LogP contribution >= 0.6 is 0 Å². The van der Waals surface area contributed by atoms with Crippen molar-refractivity contribution >= 4 is 5.91 Å². The van der Waals surface area contributed by atoms with E-state index in [9.17, 15) is 4.79 Å². The lowest BCUT2D eigenvalue weighted by Crippen LogP contribution is -2.50. The molecule has 0 N–H and O–H groups in total. The zero-order valence-electron chi connectivity index (χ0n) is 15.0. The van der Waals surface area contributed by atoms with Crippen molar-refractivity contribution in [1.29, 1.82) is 0 Å². The van der Waals surface area contributed by atoms with Gasteiger partial charge in [-0.05, 0) is 24.0 Å². The molecule has 2 aliphatic rings. The van der Waals surface area contributed by atoms with E-state index in [0.717, 1.165) is 29.8 Å². The van der Waals surface area contributed by atoms with Gasteiger partial charge in [-0.3, -0.25) is 4.79 Å². The van der Waals surface area contributed by atoms with Crippen molar-refractivity contribution in [2.75, 3.05) is 13.1 Å². The SMILES string of the molecule is O=C(C(c1ccccc1)c1ccccc1)N1CC(c2nc(C3CC3)no2)C1. The molecule has 2 fully saturated rings. The summed E-state index contributed by atoms with van der Waals surface area (Å²) in [7, 11) is 0. The fraction of sp³-hybridized carbons (Fsp3) is 0.318. The van der Waals surface area contributed by atoms with E-state index >= 15 is 0 Å². The number of likely N-dealkylation sites (tertiary alicyclic amines) is 1. The second kappa shape index (κ2) is 6.65. The summed E-state index contributed by atoms with van der Waals surface area (Å²) in [5.41, 5.74) is 2.04. The number of rotatable bonds is 5. The Hall–Kier alpha value is -2.95. The minimum absolute atomic E-state index is 0.130. The predicted molar refractivity (Wildman–Crippen MR) is 100 cm³/mol. The van der Waals surface area contributed by atoms with Gasteiger partial charge in [-0.15, -0.1) is 0 Å². The van der Waals surface area contributed by atoms with Gasteiger partial charge < -0.3 is 9.42 Å². The van der Waals surface area contributed by atoms with Crippen molar-refractivity contribution in [2.45, 2.75) is 30.6 Å². The van der Waals surface area contributed by atoms with E-state index < -0.39 is 0 Å². The third-order valence-corrected chi connectivity index (χ3v) is 5.46. The molecule has 1 saturated carbocycles. The molecule has 136 valence electrons. The molecule has 1 amide bonds. The highest BCUT2D eigenvalue weighted by atomic mass is 16.5. The number of hydrogen-bond donors (Lipinski definition) is 0. The molecule has 0 bridgehead atoms. The summed E-state index contributed by atoms with van der Waals surface area (Å²) in [5.74, 6) is 2.00. The first-order valence-corrected chi connectivity index (χ1v) is 9.52. The van der Waals surface area contributed by atoms with Crippen LogP contribution < -0.4 is 0 Å². The van der Waals surface area contributed by atoms with Gasteiger partial charge in [0, 0.05) is 19.0 Å². The monoisotopic (exact) mass is 359 g/mol. The predicted octanol–water partition coefficient (Wildman–Crippen LogP) is 3.70. The highest BCUT2D eigenvalue weighted by molar-refractivity contribution is 5.88. The van der Waals surface area contributed by atoms with Crippen LogP contribution in [0.5, 0.6) is 0 Å². The van der Waals surface area contributed by atoms with Crippen molar-refractivity contribution < 1.29 is 9.32 Å². The largest absolute Gasteiger partial charge is 0.340 e. The van der Waals surface area contributed by atoms with E-state index in [0.29, 0.717) is 24.9 Å². The molecule has 0 radical (unpaired) electrons. The van der Waals surface area contributed by atoms with Crippen LogP contribution in [0.25, 0.3) is 0 Å². The van der Waals surface area contributed by atoms with Crippen LogP contribution in [0.2, 0.25) is 0 Å². The maximum absolute atomic E-state index is 13.3. The first-order valence-electron chi connectivity index (χ1n) is 9.52. The zero-order valence-corrected chi connectivity index (χ0v) is 15.0. The molecular formula is C22H21N3O2. The topological polar surface area (TPSA) is 59.2 Å². The lowest BCUT2D eigenvalue weighted by molar-refractivity contribution is -0.136. The second-order valence-corrected chi connectivity index (χ2v) is 7.46. The van der Waals surface area contributed by atoms with Crippen LogP contribution in [-0.2, 0) is 4.79 Å². The highest BCUT2D eigenvalue weighted by Crippen LogP contribution is 2.39. The normalized spacial score (nSPS) is 17.1. The third kappa shape index (κ3) is 3.14. The molecule has 1 saturated heterocycles. The van der Waals surface area contributed by atoms with Gasteiger partial charge in [0.05, 0.1) is 11.8 Å². The van der Waals surface area contributed by atoms with Crippen LogP contribution in [0.4, 0.5) is 0 Å². The number of amides is 1. The molecule has 1 aliphatic heterocycles. The van der Waals surface area contributed by atoms with Crippen LogP contribution in [0.3, 0.4) is 0 Å². The molecule has 1 aromatic heterocycles. The average Bonchev–Trinajstić information content (AvgIpc) is 3.41. The number of aromatic nitrogens is 2. The van der Waals surface area contributed by atoms with Crippen molar-refractivity contribution in [3.63, 3.8) is 0 Å². The van der Waals surface area contributed by atoms with Gasteiger partial charge in [0.15, 0.2) is 5.82 Å². The van der Waals surface area contributed by atoms with E-state index in [1.807, 2.05) is 65.6 Å². The summed E-state index contributed by atoms with van der Waals surface area (Å²) < 4.78 is 5.43. The Balaban J connectivity index is 1.33. The molecule has 2 heterocycles. The molecule has 27 heavy (non-hydrogen) atoms. The van der Waals surface area contributed by atoms with E-state index in [-0.39, 0.29) is 17.7 Å². The maximum Gasteiger partial charge on any atom is 0.234 e. The fourth-order valence-electron chi connectivity index (χ4n) is 3.69. The maximum atomic E-state index is 13.3. The quantitative estimate of drug-likeness (QED) is 0.697. The van der Waals surface area contributed by atoms with Crippen LogP contribution in [0.15, 0.2) is 65.2 Å². The molecular weight excluding hydrogens is 338 g/mol. The molecule has 5 heteroatoms. The Bertz CT molecular complexity index is 889. The second-order valence-electron chi connectivity index (χ2n) is 7.46. The Morgan fingerprint density at radius 1 is 0.926 bits per heavy atom. The minimum atomic E-state index is -0.280. The third-order valence-electron chi connectivity index (χ3n) is 5.46. The standard InChI is InChI=1S/C22H21N3O2/c26-22(19(15-7-3-1-4-8-15)16-9-5-2-6-10-16)25-13-18(14-25)21-23-20(24-27-21)17-11-12-17/h1-10,17-19H,11-14H2. The van der Waals surface area contributed by atoms with Crippen molar-refractivity contribution in [3.05, 3.63) is 83.5 Å². The zero-order chi connectivity index (χ0) is 18.2. The Morgan fingerprint density at radius 2 is 1.52 bits per heavy atom. The fourth-order valence-corrected chi connectivity index (χ4v) is 3.69. The first-order chi connectivity index (χ1) is 13.3. The smallest absolute Gasteiger partial charge is 0.234 e. The van der Waals surface area contributed by atoms with Gasteiger partial charge in [-0.2, -0.15) is 4.98 Å². The van der Waals surface area contributed by atoms with Gasteiger partial charge in [0.1, 0.15) is 0 Å². The van der Waals surface area contributed by atoms with Gasteiger partial charge in [-0.25, -0.2) is 0 Å². The van der Waals surface area contributed by atoms with Crippen LogP contribution in [-0.4, -0.2) is 34.0 Å².